The van der Waals surface area contributed by atoms with E-state index in [1.807, 2.05) is 26.1 Å². The Morgan fingerprint density at radius 2 is 2.05 bits per heavy atom. The maximum atomic E-state index is 13.0. The second-order valence-corrected chi connectivity index (χ2v) is 8.43. The number of aryl methyl sites for hydroxylation is 1. The van der Waals surface area contributed by atoms with Crippen molar-refractivity contribution in [1.82, 2.24) is 5.32 Å². The summed E-state index contributed by atoms with van der Waals surface area (Å²) in [4.78, 5) is 0.477. The predicted molar refractivity (Wildman–Crippen MR) is 87.2 cm³/mol. The van der Waals surface area contributed by atoms with Crippen LogP contribution in [0, 0.1) is 12.8 Å². The molecule has 118 valence electrons. The second kappa shape index (κ2) is 6.93. The lowest BCUT2D eigenvalue weighted by molar-refractivity contribution is 0.288. The number of rotatable bonds is 5. The summed E-state index contributed by atoms with van der Waals surface area (Å²) in [5, 5.41) is 2.93. The number of hydrogen-bond acceptors (Lipinski definition) is 3. The lowest BCUT2D eigenvalue weighted by Crippen LogP contribution is -2.46. The molecule has 1 aliphatic carbocycles. The first-order valence-electron chi connectivity index (χ1n) is 7.96. The van der Waals surface area contributed by atoms with Crippen molar-refractivity contribution in [3.8, 4) is 0 Å². The standard InChI is InChI=1S/C17H27NO2S/c1-4-6-14-9-10-16(18-3)17(12-14)21(19,20)15-8-5-7-13(2)11-15/h5,7-8,11,14,16-18H,4,6,9-10,12H2,1-3H3. The van der Waals surface area contributed by atoms with Crippen LogP contribution < -0.4 is 5.32 Å². The van der Waals surface area contributed by atoms with Gasteiger partial charge in [-0.2, -0.15) is 0 Å². The highest BCUT2D eigenvalue weighted by molar-refractivity contribution is 7.92. The maximum Gasteiger partial charge on any atom is 0.182 e. The van der Waals surface area contributed by atoms with Gasteiger partial charge in [-0.05, 0) is 56.8 Å². The average Bonchev–Trinajstić information content (AvgIpc) is 2.47. The first-order chi connectivity index (χ1) is 9.98. The topological polar surface area (TPSA) is 46.2 Å². The summed E-state index contributed by atoms with van der Waals surface area (Å²) in [6, 6.07) is 7.38. The number of hydrogen-bond donors (Lipinski definition) is 1. The van der Waals surface area contributed by atoms with Crippen LogP contribution in [0.3, 0.4) is 0 Å². The highest BCUT2D eigenvalue weighted by Gasteiger charge is 2.38. The van der Waals surface area contributed by atoms with E-state index in [0.717, 1.165) is 37.7 Å². The van der Waals surface area contributed by atoms with E-state index in [1.165, 1.54) is 0 Å². The Morgan fingerprint density at radius 3 is 2.67 bits per heavy atom. The Labute approximate surface area is 129 Å². The van der Waals surface area contributed by atoms with Crippen molar-refractivity contribution in [2.24, 2.45) is 5.92 Å². The number of sulfone groups is 1. The van der Waals surface area contributed by atoms with Crippen LogP contribution in [0.2, 0.25) is 0 Å². The first-order valence-corrected chi connectivity index (χ1v) is 9.51. The fraction of sp³-hybridized carbons (Fsp3) is 0.647. The van der Waals surface area contributed by atoms with Crippen molar-refractivity contribution >= 4 is 9.84 Å². The van der Waals surface area contributed by atoms with Gasteiger partial charge in [0.05, 0.1) is 10.1 Å². The highest BCUT2D eigenvalue weighted by atomic mass is 32.2. The molecular formula is C17H27NO2S. The quantitative estimate of drug-likeness (QED) is 0.907. The molecule has 0 spiro atoms. The van der Waals surface area contributed by atoms with Gasteiger partial charge < -0.3 is 5.32 Å². The van der Waals surface area contributed by atoms with Gasteiger partial charge in [-0.1, -0.05) is 31.9 Å². The summed E-state index contributed by atoms with van der Waals surface area (Å²) in [7, 11) is -1.38. The summed E-state index contributed by atoms with van der Waals surface area (Å²) in [5.41, 5.74) is 0.998. The second-order valence-electron chi connectivity index (χ2n) is 6.26. The molecule has 0 aliphatic heterocycles. The van der Waals surface area contributed by atoms with Gasteiger partial charge in [0, 0.05) is 6.04 Å². The molecule has 0 aromatic heterocycles. The molecule has 1 aromatic rings. The van der Waals surface area contributed by atoms with Crippen molar-refractivity contribution in [1.29, 1.82) is 0 Å². The Morgan fingerprint density at radius 1 is 1.29 bits per heavy atom. The summed E-state index contributed by atoms with van der Waals surface area (Å²) in [6.07, 6.45) is 5.15. The molecule has 0 radical (unpaired) electrons. The number of nitrogens with one attached hydrogen (secondary N) is 1. The Kier molecular flexibility index (Phi) is 5.44. The van der Waals surface area contributed by atoms with Crippen LogP contribution in [0.4, 0.5) is 0 Å². The zero-order chi connectivity index (χ0) is 15.5. The van der Waals surface area contributed by atoms with Crippen LogP contribution in [-0.2, 0) is 9.84 Å². The largest absolute Gasteiger partial charge is 0.316 e. The summed E-state index contributed by atoms with van der Waals surface area (Å²) < 4.78 is 26.0. The maximum absolute atomic E-state index is 13.0. The monoisotopic (exact) mass is 309 g/mol. The molecule has 1 aliphatic rings. The fourth-order valence-electron chi connectivity index (χ4n) is 3.52. The van der Waals surface area contributed by atoms with E-state index in [9.17, 15) is 8.42 Å². The van der Waals surface area contributed by atoms with E-state index in [0.29, 0.717) is 10.8 Å². The van der Waals surface area contributed by atoms with Gasteiger partial charge >= 0.3 is 0 Å². The highest BCUT2D eigenvalue weighted by Crippen LogP contribution is 2.34. The minimum Gasteiger partial charge on any atom is -0.316 e. The Hall–Kier alpha value is -0.870. The van der Waals surface area contributed by atoms with Gasteiger partial charge in [-0.25, -0.2) is 8.42 Å². The third-order valence-electron chi connectivity index (χ3n) is 4.68. The molecule has 1 saturated carbocycles. The van der Waals surface area contributed by atoms with Crippen LogP contribution in [0.5, 0.6) is 0 Å². The minimum atomic E-state index is -3.26. The average molecular weight is 309 g/mol. The molecule has 1 aromatic carbocycles. The molecule has 0 amide bonds. The normalized spacial score (nSPS) is 26.7. The first kappa shape index (κ1) is 16.5. The lowest BCUT2D eigenvalue weighted by Gasteiger charge is -2.35. The SMILES string of the molecule is CCCC1CCC(NC)C(S(=O)(=O)c2cccc(C)c2)C1. The zero-order valence-electron chi connectivity index (χ0n) is 13.3. The van der Waals surface area contributed by atoms with Gasteiger partial charge in [0.15, 0.2) is 9.84 Å². The van der Waals surface area contributed by atoms with Gasteiger partial charge in [-0.15, -0.1) is 0 Å². The molecule has 0 heterocycles. The van der Waals surface area contributed by atoms with Crippen LogP contribution in [-0.4, -0.2) is 26.8 Å². The van der Waals surface area contributed by atoms with Crippen LogP contribution in [0.15, 0.2) is 29.2 Å². The Bertz CT molecular complexity index is 568. The molecule has 21 heavy (non-hydrogen) atoms. The van der Waals surface area contributed by atoms with E-state index in [1.54, 1.807) is 12.1 Å². The zero-order valence-corrected chi connectivity index (χ0v) is 14.1. The number of benzene rings is 1. The van der Waals surface area contributed by atoms with Gasteiger partial charge in [0.1, 0.15) is 0 Å². The van der Waals surface area contributed by atoms with Gasteiger partial charge in [0.2, 0.25) is 0 Å². The third-order valence-corrected chi connectivity index (χ3v) is 6.91. The molecule has 1 N–H and O–H groups in total. The van der Waals surface area contributed by atoms with Crippen LogP contribution in [0.25, 0.3) is 0 Å². The lowest BCUT2D eigenvalue weighted by atomic mass is 9.83. The minimum absolute atomic E-state index is 0.0728. The van der Waals surface area contributed by atoms with E-state index >= 15 is 0 Å². The van der Waals surface area contributed by atoms with Crippen molar-refractivity contribution in [2.75, 3.05) is 7.05 Å². The molecule has 2 rings (SSSR count). The van der Waals surface area contributed by atoms with Crippen molar-refractivity contribution in [3.63, 3.8) is 0 Å². The molecule has 4 heteroatoms. The molecule has 3 unspecified atom stereocenters. The van der Waals surface area contributed by atoms with Crippen LogP contribution >= 0.6 is 0 Å². The van der Waals surface area contributed by atoms with Crippen LogP contribution in [0.1, 0.15) is 44.6 Å². The summed E-state index contributed by atoms with van der Waals surface area (Å²) >= 11 is 0. The summed E-state index contributed by atoms with van der Waals surface area (Å²) in [6.45, 7) is 4.11. The van der Waals surface area contributed by atoms with Gasteiger partial charge in [-0.3, -0.25) is 0 Å². The predicted octanol–water partition coefficient (Wildman–Crippen LogP) is 3.33. The third kappa shape index (κ3) is 3.67. The smallest absolute Gasteiger partial charge is 0.182 e. The summed E-state index contributed by atoms with van der Waals surface area (Å²) in [5.74, 6) is 0.546. The van der Waals surface area contributed by atoms with Gasteiger partial charge in [0.25, 0.3) is 0 Å². The van der Waals surface area contributed by atoms with E-state index < -0.39 is 9.84 Å². The molecule has 3 atom stereocenters. The van der Waals surface area contributed by atoms with Crippen molar-refractivity contribution < 1.29 is 8.42 Å². The Balaban J connectivity index is 2.30. The van der Waals surface area contributed by atoms with E-state index in [-0.39, 0.29) is 11.3 Å². The van der Waals surface area contributed by atoms with E-state index in [2.05, 4.69) is 12.2 Å². The van der Waals surface area contributed by atoms with Crippen molar-refractivity contribution in [3.05, 3.63) is 29.8 Å². The molecular weight excluding hydrogens is 282 g/mol. The molecule has 3 nitrogen and oxygen atoms in total. The molecule has 0 bridgehead atoms. The molecule has 1 fully saturated rings. The molecule has 0 saturated heterocycles. The van der Waals surface area contributed by atoms with E-state index in [4.69, 9.17) is 0 Å². The van der Waals surface area contributed by atoms with Crippen molar-refractivity contribution in [2.45, 2.75) is 62.1 Å². The fourth-order valence-corrected chi connectivity index (χ4v) is 5.72.